The molecule has 2 nitrogen and oxygen atoms in total. The van der Waals surface area contributed by atoms with Crippen LogP contribution >= 0.6 is 0 Å². The van der Waals surface area contributed by atoms with Crippen LogP contribution in [0.1, 0.15) is 16.4 Å². The molecule has 0 saturated carbocycles. The first-order valence-corrected chi connectivity index (χ1v) is 4.85. The molecule has 0 aliphatic heterocycles. The maximum absolute atomic E-state index is 12.4. The molecule has 1 aromatic carbocycles. The Morgan fingerprint density at radius 3 is 2.67 bits per heavy atom. The third-order valence-corrected chi connectivity index (χ3v) is 2.60. The normalized spacial score (nSPS) is 13.6. The van der Waals surface area contributed by atoms with E-state index in [2.05, 4.69) is 6.07 Å². The van der Waals surface area contributed by atoms with Gasteiger partial charge in [-0.1, -0.05) is 12.1 Å². The lowest BCUT2D eigenvalue weighted by molar-refractivity contribution is -0.130. The molecule has 0 heterocycles. The number of alkyl halides is 3. The maximum Gasteiger partial charge on any atom is 0.477 e. The fourth-order valence-corrected chi connectivity index (χ4v) is 1.62. The first-order valence-electron chi connectivity index (χ1n) is 4.05. The van der Waals surface area contributed by atoms with Crippen molar-refractivity contribution in [1.82, 2.24) is 0 Å². The number of halogens is 3. The smallest absolute Gasteiger partial charge is 0.326 e. The Morgan fingerprint density at radius 1 is 1.53 bits per heavy atom. The van der Waals surface area contributed by atoms with Gasteiger partial charge in [0, 0.05) is 16.3 Å². The first-order chi connectivity index (χ1) is 7.00. The molecule has 0 saturated heterocycles. The lowest BCUT2D eigenvalue weighted by Crippen LogP contribution is -2.21. The van der Waals surface area contributed by atoms with Gasteiger partial charge >= 0.3 is 23.1 Å². The molecule has 15 heavy (non-hydrogen) atoms. The van der Waals surface area contributed by atoms with Gasteiger partial charge in [0.25, 0.3) is 0 Å². The summed E-state index contributed by atoms with van der Waals surface area (Å²) in [4.78, 5) is 0. The molecule has 1 aromatic rings. The molecule has 81 valence electrons. The molecule has 1 atom stereocenters. The van der Waals surface area contributed by atoms with Crippen LogP contribution in [0.15, 0.2) is 18.2 Å². The van der Waals surface area contributed by atoms with E-state index in [0.717, 1.165) is 6.07 Å². The zero-order chi connectivity index (χ0) is 11.5. The summed E-state index contributed by atoms with van der Waals surface area (Å²) in [5, 5.41) is -2.08. The van der Waals surface area contributed by atoms with Gasteiger partial charge in [0.1, 0.15) is 0 Å². The molecular formula is C9H8F3NOS+. The highest BCUT2D eigenvalue weighted by Gasteiger charge is 2.52. The Hall–Kier alpha value is -1.01. The molecule has 0 aliphatic rings. The SMILES string of the molecule is NCc1cc[c]cc1C([S+]=O)C(F)(F)F. The van der Waals surface area contributed by atoms with Gasteiger partial charge in [-0.2, -0.15) is 13.2 Å². The summed E-state index contributed by atoms with van der Waals surface area (Å²) in [6.07, 6.45) is -4.56. The van der Waals surface area contributed by atoms with Crippen molar-refractivity contribution in [2.24, 2.45) is 5.73 Å². The Kier molecular flexibility index (Phi) is 3.76. The van der Waals surface area contributed by atoms with Gasteiger partial charge in [0.05, 0.1) is 0 Å². The van der Waals surface area contributed by atoms with Crippen LogP contribution in [0.3, 0.4) is 0 Å². The van der Waals surface area contributed by atoms with E-state index in [1.807, 2.05) is 0 Å². The van der Waals surface area contributed by atoms with Crippen LogP contribution in [0.5, 0.6) is 0 Å². The van der Waals surface area contributed by atoms with Crippen LogP contribution in [0, 0.1) is 6.07 Å². The van der Waals surface area contributed by atoms with Crippen molar-refractivity contribution in [3.05, 3.63) is 35.4 Å². The molecule has 0 aliphatic carbocycles. The van der Waals surface area contributed by atoms with Crippen molar-refractivity contribution in [3.8, 4) is 0 Å². The fourth-order valence-electron chi connectivity index (χ4n) is 1.19. The second-order valence-electron chi connectivity index (χ2n) is 2.85. The number of hydrogen-bond donors (Lipinski definition) is 1. The van der Waals surface area contributed by atoms with Gasteiger partial charge in [-0.15, -0.1) is 0 Å². The van der Waals surface area contributed by atoms with Gasteiger partial charge in [0.15, 0.2) is 0 Å². The molecule has 2 N–H and O–H groups in total. The zero-order valence-corrected chi connectivity index (χ0v) is 8.36. The van der Waals surface area contributed by atoms with Crippen molar-refractivity contribution in [3.63, 3.8) is 0 Å². The molecule has 0 spiro atoms. The number of nitrogens with two attached hydrogens (primary N) is 1. The second kappa shape index (κ2) is 4.67. The summed E-state index contributed by atoms with van der Waals surface area (Å²) in [7, 11) is 0. The molecular weight excluding hydrogens is 227 g/mol. The minimum atomic E-state index is -4.56. The van der Waals surface area contributed by atoms with Crippen LogP contribution in [0.25, 0.3) is 0 Å². The third kappa shape index (κ3) is 2.73. The van der Waals surface area contributed by atoms with Gasteiger partial charge in [-0.25, -0.2) is 0 Å². The van der Waals surface area contributed by atoms with Gasteiger partial charge < -0.3 is 5.73 Å². The van der Waals surface area contributed by atoms with Crippen molar-refractivity contribution < 1.29 is 17.4 Å². The quantitative estimate of drug-likeness (QED) is 0.814. The molecule has 0 aromatic heterocycles. The zero-order valence-electron chi connectivity index (χ0n) is 7.54. The number of hydrogen-bond acceptors (Lipinski definition) is 2. The topological polar surface area (TPSA) is 43.1 Å². The van der Waals surface area contributed by atoms with Gasteiger partial charge in [-0.05, 0) is 17.7 Å². The molecule has 6 heteroatoms. The van der Waals surface area contributed by atoms with E-state index in [4.69, 9.17) is 5.73 Å². The Bertz CT molecular complexity index is 353. The summed E-state index contributed by atoms with van der Waals surface area (Å²) in [6.45, 7) is -0.0306. The molecule has 1 radical (unpaired) electrons. The molecule has 0 amide bonds. The Morgan fingerprint density at radius 2 is 2.20 bits per heavy atom. The minimum absolute atomic E-state index is 0.0306. The molecule has 0 bridgehead atoms. The highest BCUT2D eigenvalue weighted by molar-refractivity contribution is 7.66. The highest BCUT2D eigenvalue weighted by Crippen LogP contribution is 2.35. The van der Waals surface area contributed by atoms with Gasteiger partial charge in [0.2, 0.25) is 0 Å². The van der Waals surface area contributed by atoms with E-state index in [0.29, 0.717) is 5.56 Å². The average Bonchev–Trinajstić information content (AvgIpc) is 2.17. The number of benzene rings is 1. The largest absolute Gasteiger partial charge is 0.477 e. The van der Waals surface area contributed by atoms with Crippen LogP contribution in [-0.2, 0) is 22.4 Å². The molecule has 0 fully saturated rings. The predicted molar refractivity (Wildman–Crippen MR) is 50.0 cm³/mol. The van der Waals surface area contributed by atoms with E-state index < -0.39 is 23.1 Å². The monoisotopic (exact) mass is 235 g/mol. The van der Waals surface area contributed by atoms with Crippen molar-refractivity contribution in [1.29, 1.82) is 0 Å². The Labute approximate surface area is 88.8 Å². The predicted octanol–water partition coefficient (Wildman–Crippen LogP) is 1.98. The summed E-state index contributed by atoms with van der Waals surface area (Å²) in [6, 6.07) is 6.57. The van der Waals surface area contributed by atoms with E-state index in [1.165, 1.54) is 12.1 Å². The van der Waals surface area contributed by atoms with E-state index >= 15 is 0 Å². The summed E-state index contributed by atoms with van der Waals surface area (Å²) < 4.78 is 47.8. The lowest BCUT2D eigenvalue weighted by Gasteiger charge is -2.09. The molecule has 1 rings (SSSR count). The highest BCUT2D eigenvalue weighted by atomic mass is 32.1. The van der Waals surface area contributed by atoms with Crippen LogP contribution in [-0.4, -0.2) is 6.18 Å². The minimum Gasteiger partial charge on any atom is -0.326 e. The van der Waals surface area contributed by atoms with Crippen LogP contribution in [0.2, 0.25) is 0 Å². The van der Waals surface area contributed by atoms with Crippen LogP contribution < -0.4 is 5.73 Å². The fraction of sp³-hybridized carbons (Fsp3) is 0.333. The summed E-state index contributed by atoms with van der Waals surface area (Å²) >= 11 is -0.491. The Balaban J connectivity index is 3.18. The average molecular weight is 235 g/mol. The van der Waals surface area contributed by atoms with Crippen LogP contribution in [0.4, 0.5) is 13.2 Å². The maximum atomic E-state index is 12.4. The summed E-state index contributed by atoms with van der Waals surface area (Å²) in [5.74, 6) is 0. The van der Waals surface area contributed by atoms with E-state index in [9.17, 15) is 17.4 Å². The number of rotatable bonds is 3. The lowest BCUT2D eigenvalue weighted by atomic mass is 10.0. The van der Waals surface area contributed by atoms with E-state index in [1.54, 1.807) is 0 Å². The van der Waals surface area contributed by atoms with Crippen molar-refractivity contribution in [2.45, 2.75) is 18.0 Å². The molecule has 1 unspecified atom stereocenters. The standard InChI is InChI=1S/C9H8F3NOS/c10-9(11,12)8(15-14)7-4-2-1-3-6(7)5-13/h1,3-4,8H,5,13H2/q+1. The second-order valence-corrected chi connectivity index (χ2v) is 3.51. The first kappa shape index (κ1) is 12.1. The van der Waals surface area contributed by atoms with Crippen molar-refractivity contribution in [2.75, 3.05) is 0 Å². The van der Waals surface area contributed by atoms with Gasteiger partial charge in [-0.3, -0.25) is 0 Å². The summed E-state index contributed by atoms with van der Waals surface area (Å²) in [5.41, 5.74) is 5.51. The van der Waals surface area contributed by atoms with E-state index in [-0.39, 0.29) is 12.1 Å². The van der Waals surface area contributed by atoms with Crippen molar-refractivity contribution >= 4 is 11.7 Å². The third-order valence-electron chi connectivity index (χ3n) is 1.89.